The first-order valence-corrected chi connectivity index (χ1v) is 5.73. The number of rotatable bonds is 3. The molecule has 0 atom stereocenters. The maximum Gasteiger partial charge on any atom is 0.0793 e. The Morgan fingerprint density at radius 2 is 2.00 bits per heavy atom. The van der Waals surface area contributed by atoms with Crippen molar-refractivity contribution >= 4 is 0 Å². The Bertz CT molecular complexity index is 532. The molecule has 0 bridgehead atoms. The molecule has 0 unspecified atom stereocenters. The smallest absolute Gasteiger partial charge is 0.0793 e. The molecule has 3 heteroatoms. The number of benzene rings is 1. The van der Waals surface area contributed by atoms with Crippen LogP contribution in [0.5, 0.6) is 0 Å². The molecule has 1 aromatic heterocycles. The minimum atomic E-state index is 0.361. The highest BCUT2D eigenvalue weighted by molar-refractivity contribution is 5.34. The summed E-state index contributed by atoms with van der Waals surface area (Å²) in [6.45, 7) is 4.26. The molecule has 0 fully saturated rings. The Kier molecular flexibility index (Phi) is 3.24. The summed E-state index contributed by atoms with van der Waals surface area (Å²) >= 11 is 0. The molecule has 0 aliphatic rings. The maximum absolute atomic E-state index is 8.73. The van der Waals surface area contributed by atoms with Gasteiger partial charge in [0.1, 0.15) is 0 Å². The highest BCUT2D eigenvalue weighted by Gasteiger charge is 2.12. The highest BCUT2D eigenvalue weighted by atomic mass is 15.3. The van der Waals surface area contributed by atoms with Crippen LogP contribution in [-0.4, -0.2) is 9.78 Å². The minimum Gasteiger partial charge on any atom is -0.237 e. The van der Waals surface area contributed by atoms with Crippen molar-refractivity contribution in [3.8, 4) is 11.8 Å². The van der Waals surface area contributed by atoms with E-state index in [1.165, 1.54) is 0 Å². The molecule has 0 radical (unpaired) electrons. The maximum atomic E-state index is 8.73. The molecule has 0 aliphatic heterocycles. The second-order valence-corrected chi connectivity index (χ2v) is 4.30. The molecular formula is C14H15N3. The van der Waals surface area contributed by atoms with Gasteiger partial charge in [0.25, 0.3) is 0 Å². The summed E-state index contributed by atoms with van der Waals surface area (Å²) in [6, 6.07) is 14.2. The lowest BCUT2D eigenvalue weighted by molar-refractivity contribution is 0.729. The van der Waals surface area contributed by atoms with Crippen LogP contribution in [0.4, 0.5) is 0 Å². The van der Waals surface area contributed by atoms with E-state index in [0.717, 1.165) is 17.1 Å². The van der Waals surface area contributed by atoms with E-state index in [4.69, 9.17) is 5.26 Å². The summed E-state index contributed by atoms with van der Waals surface area (Å²) < 4.78 is 1.93. The van der Waals surface area contributed by atoms with Crippen molar-refractivity contribution in [2.75, 3.05) is 0 Å². The van der Waals surface area contributed by atoms with Gasteiger partial charge < -0.3 is 0 Å². The van der Waals surface area contributed by atoms with E-state index in [1.54, 1.807) is 0 Å². The summed E-state index contributed by atoms with van der Waals surface area (Å²) in [4.78, 5) is 0. The quantitative estimate of drug-likeness (QED) is 0.805. The number of hydrogen-bond donors (Lipinski definition) is 0. The van der Waals surface area contributed by atoms with Crippen molar-refractivity contribution in [1.29, 1.82) is 5.26 Å². The van der Waals surface area contributed by atoms with E-state index < -0.39 is 0 Å². The fourth-order valence-electron chi connectivity index (χ4n) is 1.80. The van der Waals surface area contributed by atoms with Gasteiger partial charge in [0.15, 0.2) is 0 Å². The van der Waals surface area contributed by atoms with Crippen LogP contribution in [0.25, 0.3) is 5.69 Å². The van der Waals surface area contributed by atoms with Crippen LogP contribution in [-0.2, 0) is 6.42 Å². The van der Waals surface area contributed by atoms with Gasteiger partial charge in [0, 0.05) is 5.69 Å². The predicted octanol–water partition coefficient (Wildman–Crippen LogP) is 3.06. The first kappa shape index (κ1) is 11.4. The average molecular weight is 225 g/mol. The standard InChI is InChI=1S/C14H15N3/c1-11(2)14-10-12(8-9-15)16-17(14)13-6-4-3-5-7-13/h3-7,10-11H,8H2,1-2H3. The van der Waals surface area contributed by atoms with Crippen molar-refractivity contribution in [2.24, 2.45) is 0 Å². The van der Waals surface area contributed by atoms with E-state index in [1.807, 2.05) is 41.1 Å². The Morgan fingerprint density at radius 3 is 2.59 bits per heavy atom. The van der Waals surface area contributed by atoms with Crippen molar-refractivity contribution in [3.63, 3.8) is 0 Å². The summed E-state index contributed by atoms with van der Waals surface area (Å²) in [5.41, 5.74) is 3.02. The molecule has 2 rings (SSSR count). The molecule has 0 aliphatic carbocycles. The zero-order valence-electron chi connectivity index (χ0n) is 10.1. The third-order valence-corrected chi connectivity index (χ3v) is 2.64. The molecule has 0 saturated carbocycles. The first-order chi connectivity index (χ1) is 8.22. The van der Waals surface area contributed by atoms with Crippen molar-refractivity contribution in [1.82, 2.24) is 9.78 Å². The monoisotopic (exact) mass is 225 g/mol. The van der Waals surface area contributed by atoms with Gasteiger partial charge in [0.2, 0.25) is 0 Å². The number of aromatic nitrogens is 2. The van der Waals surface area contributed by atoms with E-state index in [0.29, 0.717) is 12.3 Å². The van der Waals surface area contributed by atoms with Crippen molar-refractivity contribution in [2.45, 2.75) is 26.2 Å². The zero-order valence-corrected chi connectivity index (χ0v) is 10.1. The zero-order chi connectivity index (χ0) is 12.3. The summed E-state index contributed by atoms with van der Waals surface area (Å²) in [7, 11) is 0. The van der Waals surface area contributed by atoms with Crippen LogP contribution in [0.3, 0.4) is 0 Å². The molecule has 2 aromatic rings. The van der Waals surface area contributed by atoms with Crippen LogP contribution < -0.4 is 0 Å². The van der Waals surface area contributed by atoms with Gasteiger partial charge in [-0.15, -0.1) is 0 Å². The molecular weight excluding hydrogens is 210 g/mol. The third kappa shape index (κ3) is 2.36. The average Bonchev–Trinajstić information content (AvgIpc) is 2.75. The number of nitrogens with zero attached hydrogens (tertiary/aromatic N) is 3. The SMILES string of the molecule is CC(C)c1cc(CC#N)nn1-c1ccccc1. The van der Waals surface area contributed by atoms with Gasteiger partial charge in [-0.05, 0) is 24.1 Å². The van der Waals surface area contributed by atoms with Gasteiger partial charge in [-0.25, -0.2) is 4.68 Å². The van der Waals surface area contributed by atoms with Gasteiger partial charge in [-0.2, -0.15) is 10.4 Å². The fourth-order valence-corrected chi connectivity index (χ4v) is 1.80. The van der Waals surface area contributed by atoms with Gasteiger partial charge in [0.05, 0.1) is 23.9 Å². The van der Waals surface area contributed by atoms with E-state index in [2.05, 4.69) is 25.0 Å². The lowest BCUT2D eigenvalue weighted by atomic mass is 10.1. The summed E-state index contributed by atoms with van der Waals surface area (Å²) in [5.74, 6) is 0.384. The van der Waals surface area contributed by atoms with Crippen LogP contribution in [0.2, 0.25) is 0 Å². The van der Waals surface area contributed by atoms with E-state index in [-0.39, 0.29) is 0 Å². The van der Waals surface area contributed by atoms with Crippen molar-refractivity contribution in [3.05, 3.63) is 47.8 Å². The minimum absolute atomic E-state index is 0.361. The molecule has 0 saturated heterocycles. The predicted molar refractivity (Wildman–Crippen MR) is 67.0 cm³/mol. The van der Waals surface area contributed by atoms with Crippen LogP contribution in [0.15, 0.2) is 36.4 Å². The first-order valence-electron chi connectivity index (χ1n) is 5.73. The Morgan fingerprint density at radius 1 is 1.29 bits per heavy atom. The number of nitriles is 1. The molecule has 0 N–H and O–H groups in total. The number of hydrogen-bond acceptors (Lipinski definition) is 2. The topological polar surface area (TPSA) is 41.6 Å². The van der Waals surface area contributed by atoms with Gasteiger partial charge >= 0.3 is 0 Å². The fraction of sp³-hybridized carbons (Fsp3) is 0.286. The molecule has 3 nitrogen and oxygen atoms in total. The Hall–Kier alpha value is -2.08. The Labute approximate surface area is 101 Å². The molecule has 17 heavy (non-hydrogen) atoms. The molecule has 0 spiro atoms. The molecule has 1 aromatic carbocycles. The second-order valence-electron chi connectivity index (χ2n) is 4.30. The highest BCUT2D eigenvalue weighted by Crippen LogP contribution is 2.20. The van der Waals surface area contributed by atoms with E-state index in [9.17, 15) is 0 Å². The lowest BCUT2D eigenvalue weighted by Crippen LogP contribution is -2.03. The van der Waals surface area contributed by atoms with Crippen LogP contribution in [0, 0.1) is 11.3 Å². The largest absolute Gasteiger partial charge is 0.237 e. The van der Waals surface area contributed by atoms with Gasteiger partial charge in [-0.1, -0.05) is 32.0 Å². The molecule has 86 valence electrons. The normalized spacial score (nSPS) is 10.5. The molecule has 0 amide bonds. The summed E-state index contributed by atoms with van der Waals surface area (Å²) in [6.07, 6.45) is 0.361. The van der Waals surface area contributed by atoms with Crippen LogP contribution in [0.1, 0.15) is 31.2 Å². The number of para-hydroxylation sites is 1. The Balaban J connectivity index is 2.49. The van der Waals surface area contributed by atoms with Gasteiger partial charge in [-0.3, -0.25) is 0 Å². The molecule has 1 heterocycles. The van der Waals surface area contributed by atoms with Crippen LogP contribution >= 0.6 is 0 Å². The second kappa shape index (κ2) is 4.84. The third-order valence-electron chi connectivity index (χ3n) is 2.64. The summed E-state index contributed by atoms with van der Waals surface area (Å²) in [5, 5.41) is 13.2. The van der Waals surface area contributed by atoms with Crippen molar-refractivity contribution < 1.29 is 0 Å². The van der Waals surface area contributed by atoms with E-state index >= 15 is 0 Å². The lowest BCUT2D eigenvalue weighted by Gasteiger charge is -2.09.